The van der Waals surface area contributed by atoms with Crippen molar-refractivity contribution in [1.29, 1.82) is 0 Å². The predicted octanol–water partition coefficient (Wildman–Crippen LogP) is 2.51. The lowest BCUT2D eigenvalue weighted by Gasteiger charge is -2.22. The lowest BCUT2D eigenvalue weighted by molar-refractivity contribution is -0.121. The highest BCUT2D eigenvalue weighted by molar-refractivity contribution is 5.80. The number of likely N-dealkylation sites (tertiary alicyclic amines) is 1. The second kappa shape index (κ2) is 9.62. The van der Waals surface area contributed by atoms with Gasteiger partial charge in [0, 0.05) is 44.6 Å². The van der Waals surface area contributed by atoms with Crippen molar-refractivity contribution >= 4 is 11.9 Å². The summed E-state index contributed by atoms with van der Waals surface area (Å²) < 4.78 is 5.25. The fourth-order valence-electron chi connectivity index (χ4n) is 3.48. The summed E-state index contributed by atoms with van der Waals surface area (Å²) in [7, 11) is 1.70. The van der Waals surface area contributed by atoms with Gasteiger partial charge in [-0.1, -0.05) is 12.1 Å². The molecule has 27 heavy (non-hydrogen) atoms. The van der Waals surface area contributed by atoms with Gasteiger partial charge in [-0.15, -0.1) is 0 Å². The van der Waals surface area contributed by atoms with Crippen molar-refractivity contribution in [2.75, 3.05) is 33.3 Å². The van der Waals surface area contributed by atoms with Crippen molar-refractivity contribution in [3.8, 4) is 5.75 Å². The summed E-state index contributed by atoms with van der Waals surface area (Å²) in [6.45, 7) is 5.61. The molecule has 1 unspecified atom stereocenters. The molecule has 1 saturated carbocycles. The minimum Gasteiger partial charge on any atom is -0.497 e. The lowest BCUT2D eigenvalue weighted by Crippen LogP contribution is -2.40. The van der Waals surface area contributed by atoms with Gasteiger partial charge in [0.2, 0.25) is 5.91 Å². The van der Waals surface area contributed by atoms with Crippen LogP contribution in [0.3, 0.4) is 0 Å². The van der Waals surface area contributed by atoms with Gasteiger partial charge in [-0.2, -0.15) is 0 Å². The summed E-state index contributed by atoms with van der Waals surface area (Å²) in [5.74, 6) is 2.55. The number of benzene rings is 1. The molecule has 2 aliphatic rings. The first-order valence-electron chi connectivity index (χ1n) is 10.2. The third-order valence-electron chi connectivity index (χ3n) is 5.18. The summed E-state index contributed by atoms with van der Waals surface area (Å²) >= 11 is 0. The summed E-state index contributed by atoms with van der Waals surface area (Å²) in [6, 6.07) is 8.83. The van der Waals surface area contributed by atoms with Crippen LogP contribution in [0.2, 0.25) is 0 Å². The maximum absolute atomic E-state index is 11.8. The lowest BCUT2D eigenvalue weighted by atomic mass is 9.98. The van der Waals surface area contributed by atoms with Gasteiger partial charge >= 0.3 is 0 Å². The van der Waals surface area contributed by atoms with E-state index in [0.29, 0.717) is 24.9 Å². The molecule has 1 heterocycles. The van der Waals surface area contributed by atoms with Crippen molar-refractivity contribution in [3.63, 3.8) is 0 Å². The maximum atomic E-state index is 11.8. The van der Waals surface area contributed by atoms with Crippen LogP contribution in [0.4, 0.5) is 0 Å². The molecule has 1 aromatic rings. The van der Waals surface area contributed by atoms with Crippen LogP contribution >= 0.6 is 0 Å². The van der Waals surface area contributed by atoms with Crippen molar-refractivity contribution in [3.05, 3.63) is 29.8 Å². The summed E-state index contributed by atoms with van der Waals surface area (Å²) in [5.41, 5.74) is 1.35. The first-order valence-corrected chi connectivity index (χ1v) is 10.2. The van der Waals surface area contributed by atoms with Crippen LogP contribution in [0.25, 0.3) is 0 Å². The number of carbonyl (C=O) groups is 1. The van der Waals surface area contributed by atoms with E-state index in [4.69, 9.17) is 9.73 Å². The second-order valence-electron chi connectivity index (χ2n) is 7.39. The third-order valence-corrected chi connectivity index (χ3v) is 5.18. The highest BCUT2D eigenvalue weighted by Crippen LogP contribution is 2.28. The fraction of sp³-hybridized carbons (Fsp3) is 0.619. The Labute approximate surface area is 162 Å². The minimum atomic E-state index is 0.165. The van der Waals surface area contributed by atoms with E-state index in [1.165, 1.54) is 5.56 Å². The molecule has 1 atom stereocenters. The van der Waals surface area contributed by atoms with E-state index >= 15 is 0 Å². The average Bonchev–Trinajstić information content (AvgIpc) is 3.36. The molecule has 2 N–H and O–H groups in total. The Morgan fingerprint density at radius 3 is 2.70 bits per heavy atom. The topological polar surface area (TPSA) is 66.0 Å². The van der Waals surface area contributed by atoms with Gasteiger partial charge in [0.15, 0.2) is 5.96 Å². The minimum absolute atomic E-state index is 0.165. The maximum Gasteiger partial charge on any atom is 0.220 e. The Bertz CT molecular complexity index is 640. The zero-order valence-electron chi connectivity index (χ0n) is 16.5. The highest BCUT2D eigenvalue weighted by atomic mass is 16.5. The number of hydrogen-bond acceptors (Lipinski definition) is 3. The third kappa shape index (κ3) is 5.88. The Morgan fingerprint density at radius 2 is 2.04 bits per heavy atom. The van der Waals surface area contributed by atoms with Gasteiger partial charge < -0.3 is 20.3 Å². The molecule has 0 bridgehead atoms. The van der Waals surface area contributed by atoms with Gasteiger partial charge in [0.05, 0.1) is 7.11 Å². The smallest absolute Gasteiger partial charge is 0.220 e. The van der Waals surface area contributed by atoms with E-state index in [1.54, 1.807) is 7.11 Å². The van der Waals surface area contributed by atoms with Crippen molar-refractivity contribution in [2.24, 2.45) is 4.99 Å². The van der Waals surface area contributed by atoms with E-state index in [9.17, 15) is 4.79 Å². The van der Waals surface area contributed by atoms with Gasteiger partial charge in [0.1, 0.15) is 5.75 Å². The molecular weight excluding hydrogens is 340 g/mol. The van der Waals surface area contributed by atoms with E-state index in [0.717, 1.165) is 57.0 Å². The molecule has 1 amide bonds. The van der Waals surface area contributed by atoms with Crippen LogP contribution < -0.4 is 15.4 Å². The van der Waals surface area contributed by atoms with Crippen molar-refractivity contribution in [1.82, 2.24) is 15.5 Å². The molecule has 0 radical (unpaired) electrons. The summed E-state index contributed by atoms with van der Waals surface area (Å²) in [4.78, 5) is 18.9. The number of ether oxygens (including phenoxy) is 1. The highest BCUT2D eigenvalue weighted by Gasteiger charge is 2.26. The number of amides is 1. The second-order valence-corrected chi connectivity index (χ2v) is 7.39. The standard InChI is InChI=1S/C21H32N4O2/c1-3-22-21(23-13-4-5-20(26)24-18-8-9-18)25-14-12-17(15-25)16-6-10-19(27-2)11-7-16/h6-7,10-11,17-18H,3-5,8-9,12-15H2,1-2H3,(H,22,23)(H,24,26). The van der Waals surface area contributed by atoms with E-state index in [1.807, 2.05) is 12.1 Å². The normalized spacial score (nSPS) is 19.9. The van der Waals surface area contributed by atoms with E-state index < -0.39 is 0 Å². The quantitative estimate of drug-likeness (QED) is 0.418. The van der Waals surface area contributed by atoms with Gasteiger partial charge in [-0.3, -0.25) is 9.79 Å². The molecule has 2 fully saturated rings. The number of rotatable bonds is 8. The Hall–Kier alpha value is -2.24. The van der Waals surface area contributed by atoms with E-state index in [2.05, 4.69) is 34.6 Å². The number of nitrogens with zero attached hydrogens (tertiary/aromatic N) is 2. The van der Waals surface area contributed by atoms with E-state index in [-0.39, 0.29) is 5.91 Å². The fourth-order valence-corrected chi connectivity index (χ4v) is 3.48. The molecule has 6 heteroatoms. The number of hydrogen-bond donors (Lipinski definition) is 2. The number of carbonyl (C=O) groups excluding carboxylic acids is 1. The predicted molar refractivity (Wildman–Crippen MR) is 108 cm³/mol. The zero-order valence-corrected chi connectivity index (χ0v) is 16.5. The molecule has 0 spiro atoms. The first-order chi connectivity index (χ1) is 13.2. The van der Waals surface area contributed by atoms with Crippen molar-refractivity contribution in [2.45, 2.75) is 51.0 Å². The Morgan fingerprint density at radius 1 is 1.26 bits per heavy atom. The average molecular weight is 373 g/mol. The molecule has 0 aromatic heterocycles. The van der Waals surface area contributed by atoms with Crippen LogP contribution in [0.5, 0.6) is 5.75 Å². The molecule has 148 valence electrons. The van der Waals surface area contributed by atoms with Crippen molar-refractivity contribution < 1.29 is 9.53 Å². The molecule has 6 nitrogen and oxygen atoms in total. The molecule has 1 aliphatic heterocycles. The monoisotopic (exact) mass is 372 g/mol. The van der Waals surface area contributed by atoms with Crippen LogP contribution in [0, 0.1) is 0 Å². The van der Waals surface area contributed by atoms with Gasteiger partial charge in [-0.25, -0.2) is 0 Å². The molecular formula is C21H32N4O2. The van der Waals surface area contributed by atoms with Crippen LogP contribution in [-0.4, -0.2) is 56.1 Å². The molecule has 1 aliphatic carbocycles. The van der Waals surface area contributed by atoms with Crippen LogP contribution in [-0.2, 0) is 4.79 Å². The Balaban J connectivity index is 1.49. The molecule has 1 saturated heterocycles. The molecule has 3 rings (SSSR count). The zero-order chi connectivity index (χ0) is 19.1. The van der Waals surface area contributed by atoms with Gasteiger partial charge in [0.25, 0.3) is 0 Å². The van der Waals surface area contributed by atoms with Gasteiger partial charge in [-0.05, 0) is 50.3 Å². The number of methoxy groups -OCH3 is 1. The number of guanidine groups is 1. The molecule has 1 aromatic carbocycles. The largest absolute Gasteiger partial charge is 0.497 e. The van der Waals surface area contributed by atoms with Crippen LogP contribution in [0.15, 0.2) is 29.3 Å². The Kier molecular flexibility index (Phi) is 6.96. The summed E-state index contributed by atoms with van der Waals surface area (Å²) in [6.07, 6.45) is 4.76. The van der Waals surface area contributed by atoms with Crippen LogP contribution in [0.1, 0.15) is 50.5 Å². The number of aliphatic imine (C=N–C) groups is 1. The number of nitrogens with one attached hydrogen (secondary N) is 2. The summed E-state index contributed by atoms with van der Waals surface area (Å²) in [5, 5.41) is 6.43. The SMILES string of the molecule is CCNC(=NCCCC(=O)NC1CC1)N1CCC(c2ccc(OC)cc2)C1. The first kappa shape index (κ1) is 19.5.